The van der Waals surface area contributed by atoms with Gasteiger partial charge in [0.2, 0.25) is 0 Å². The highest BCUT2D eigenvalue weighted by atomic mass is 35.5. The van der Waals surface area contributed by atoms with E-state index < -0.39 is 17.3 Å². The molecule has 0 fully saturated rings. The molecule has 2 heterocycles. The van der Waals surface area contributed by atoms with Crippen LogP contribution in [-0.2, 0) is 6.18 Å². The lowest BCUT2D eigenvalue weighted by atomic mass is 10.1. The maximum Gasteiger partial charge on any atom is 0.417 e. The van der Waals surface area contributed by atoms with Gasteiger partial charge in [0.1, 0.15) is 10.8 Å². The molecule has 3 rings (SSSR count). The molecule has 0 aliphatic heterocycles. The first-order valence-corrected chi connectivity index (χ1v) is 9.43. The first-order chi connectivity index (χ1) is 14.6. The fourth-order valence-electron chi connectivity index (χ4n) is 2.89. The summed E-state index contributed by atoms with van der Waals surface area (Å²) in [6, 6.07) is 7.73. The maximum atomic E-state index is 13.2. The van der Waals surface area contributed by atoms with Gasteiger partial charge in [-0.1, -0.05) is 23.7 Å². The Morgan fingerprint density at radius 2 is 1.81 bits per heavy atom. The molecular formula is C20H18ClF4N5O. The van der Waals surface area contributed by atoms with Gasteiger partial charge in [-0.25, -0.2) is 9.37 Å². The van der Waals surface area contributed by atoms with E-state index in [1.807, 2.05) is 19.0 Å². The summed E-state index contributed by atoms with van der Waals surface area (Å²) in [4.78, 5) is 18.1. The number of nitrogens with zero attached hydrogens (tertiary/aromatic N) is 4. The summed E-state index contributed by atoms with van der Waals surface area (Å²) in [6.07, 6.45) is -2.63. The van der Waals surface area contributed by atoms with Crippen LogP contribution in [0.4, 0.5) is 23.2 Å². The molecule has 1 N–H and O–H groups in total. The average molecular weight is 456 g/mol. The number of pyridine rings is 1. The second-order valence-electron chi connectivity index (χ2n) is 6.90. The predicted octanol–water partition coefficient (Wildman–Crippen LogP) is 4.15. The van der Waals surface area contributed by atoms with Crippen LogP contribution < -0.4 is 10.9 Å². The Hall–Kier alpha value is -2.98. The number of hydrogen-bond donors (Lipinski definition) is 1. The molecule has 0 saturated carbocycles. The molecule has 11 heteroatoms. The number of likely N-dealkylation sites (N-methyl/N-ethyl adjacent to an activating group) is 1. The van der Waals surface area contributed by atoms with Crippen LogP contribution in [0.3, 0.4) is 0 Å². The van der Waals surface area contributed by atoms with Crippen molar-refractivity contribution in [3.8, 4) is 5.82 Å². The number of alkyl halides is 3. The Kier molecular flexibility index (Phi) is 6.61. The van der Waals surface area contributed by atoms with Gasteiger partial charge in [0, 0.05) is 12.7 Å². The zero-order valence-electron chi connectivity index (χ0n) is 16.5. The summed E-state index contributed by atoms with van der Waals surface area (Å²) in [5, 5.41) is 6.82. The minimum Gasteiger partial charge on any atom is -0.380 e. The molecule has 3 aromatic rings. The Labute approximate surface area is 180 Å². The van der Waals surface area contributed by atoms with E-state index in [4.69, 9.17) is 11.6 Å². The van der Waals surface area contributed by atoms with E-state index in [9.17, 15) is 22.4 Å². The number of halogens is 5. The van der Waals surface area contributed by atoms with Crippen LogP contribution in [0, 0.1) is 5.82 Å². The van der Waals surface area contributed by atoms with E-state index in [0.29, 0.717) is 12.7 Å². The third-order valence-corrected chi connectivity index (χ3v) is 4.94. The van der Waals surface area contributed by atoms with Gasteiger partial charge >= 0.3 is 6.18 Å². The second kappa shape index (κ2) is 9.03. The van der Waals surface area contributed by atoms with E-state index >= 15 is 0 Å². The third-order valence-electron chi connectivity index (χ3n) is 4.58. The van der Waals surface area contributed by atoms with Crippen molar-refractivity contribution in [3.63, 3.8) is 0 Å². The van der Waals surface area contributed by atoms with Gasteiger partial charge < -0.3 is 10.2 Å². The van der Waals surface area contributed by atoms with Gasteiger partial charge in [0.05, 0.1) is 23.5 Å². The zero-order chi connectivity index (χ0) is 22.8. The molecule has 164 valence electrons. The molecule has 1 aromatic carbocycles. The van der Waals surface area contributed by atoms with Crippen molar-refractivity contribution < 1.29 is 17.6 Å². The highest BCUT2D eigenvalue weighted by Crippen LogP contribution is 2.28. The summed E-state index contributed by atoms with van der Waals surface area (Å²) in [7, 11) is 3.70. The van der Waals surface area contributed by atoms with Crippen LogP contribution >= 0.6 is 11.6 Å². The van der Waals surface area contributed by atoms with Gasteiger partial charge in [-0.3, -0.25) is 4.79 Å². The Morgan fingerprint density at radius 3 is 2.35 bits per heavy atom. The molecule has 0 saturated heterocycles. The topological polar surface area (TPSA) is 63.1 Å². The van der Waals surface area contributed by atoms with Crippen LogP contribution in [0.15, 0.2) is 53.6 Å². The van der Waals surface area contributed by atoms with Crippen molar-refractivity contribution in [1.29, 1.82) is 0 Å². The minimum absolute atomic E-state index is 0.0936. The molecule has 2 aromatic heterocycles. The summed E-state index contributed by atoms with van der Waals surface area (Å²) in [5.41, 5.74) is -0.569. The van der Waals surface area contributed by atoms with Crippen molar-refractivity contribution in [2.24, 2.45) is 0 Å². The van der Waals surface area contributed by atoms with Crippen LogP contribution in [0.2, 0.25) is 5.02 Å². The molecule has 0 aliphatic carbocycles. The maximum absolute atomic E-state index is 13.2. The van der Waals surface area contributed by atoms with Crippen LogP contribution in [0.5, 0.6) is 0 Å². The minimum atomic E-state index is -4.54. The molecule has 31 heavy (non-hydrogen) atoms. The zero-order valence-corrected chi connectivity index (χ0v) is 17.2. The molecule has 1 unspecified atom stereocenters. The van der Waals surface area contributed by atoms with Crippen molar-refractivity contribution >= 4 is 17.3 Å². The van der Waals surface area contributed by atoms with Gasteiger partial charge in [0.15, 0.2) is 5.82 Å². The van der Waals surface area contributed by atoms with Crippen molar-refractivity contribution in [1.82, 2.24) is 19.7 Å². The average Bonchev–Trinajstić information content (AvgIpc) is 2.72. The van der Waals surface area contributed by atoms with Gasteiger partial charge in [-0.05, 0) is 43.9 Å². The lowest BCUT2D eigenvalue weighted by molar-refractivity contribution is -0.137. The number of hydrogen-bond acceptors (Lipinski definition) is 5. The fourth-order valence-corrected chi connectivity index (χ4v) is 3.08. The van der Waals surface area contributed by atoms with E-state index in [1.165, 1.54) is 18.3 Å². The number of aromatic nitrogens is 3. The van der Waals surface area contributed by atoms with Crippen LogP contribution in [0.1, 0.15) is 17.2 Å². The molecule has 1 atom stereocenters. The molecular weight excluding hydrogens is 438 g/mol. The normalized spacial score (nSPS) is 12.8. The molecule has 0 amide bonds. The predicted molar refractivity (Wildman–Crippen MR) is 109 cm³/mol. The van der Waals surface area contributed by atoms with Gasteiger partial charge in [-0.2, -0.15) is 23.0 Å². The molecule has 6 nitrogen and oxygen atoms in total. The first-order valence-electron chi connectivity index (χ1n) is 9.05. The van der Waals surface area contributed by atoms with Crippen molar-refractivity contribution in [3.05, 3.63) is 81.1 Å². The monoisotopic (exact) mass is 455 g/mol. The fraction of sp³-hybridized carbons (Fsp3) is 0.250. The van der Waals surface area contributed by atoms with Gasteiger partial charge in [0.25, 0.3) is 5.56 Å². The number of anilines is 1. The van der Waals surface area contributed by atoms with Crippen molar-refractivity contribution in [2.75, 3.05) is 26.0 Å². The third kappa shape index (κ3) is 5.20. The Morgan fingerprint density at radius 1 is 1.13 bits per heavy atom. The standard InChI is InChI=1S/C20H18ClF4N5O/c1-29(2)16(12-3-6-14(22)7-4-12)11-26-15-10-28-30(19(31)18(15)21)17-8-5-13(9-27-17)20(23,24)25/h3-10,16,26H,11H2,1-2H3. The van der Waals surface area contributed by atoms with E-state index in [1.54, 1.807) is 12.1 Å². The highest BCUT2D eigenvalue weighted by molar-refractivity contribution is 6.32. The van der Waals surface area contributed by atoms with Crippen molar-refractivity contribution in [2.45, 2.75) is 12.2 Å². The van der Waals surface area contributed by atoms with E-state index in [0.717, 1.165) is 22.4 Å². The summed E-state index contributed by atoms with van der Waals surface area (Å²) in [5.74, 6) is -0.439. The Balaban J connectivity index is 1.81. The largest absolute Gasteiger partial charge is 0.417 e. The number of rotatable bonds is 6. The first kappa shape index (κ1) is 22.7. The number of nitrogens with one attached hydrogen (secondary N) is 1. The number of benzene rings is 1. The smallest absolute Gasteiger partial charge is 0.380 e. The summed E-state index contributed by atoms with van der Waals surface area (Å²) in [6.45, 7) is 0.335. The van der Waals surface area contributed by atoms with Crippen LogP contribution in [0.25, 0.3) is 5.82 Å². The lowest BCUT2D eigenvalue weighted by Crippen LogP contribution is -2.28. The highest BCUT2D eigenvalue weighted by Gasteiger charge is 2.30. The van der Waals surface area contributed by atoms with E-state index in [2.05, 4.69) is 15.4 Å². The summed E-state index contributed by atoms with van der Waals surface area (Å²) >= 11 is 6.18. The lowest BCUT2D eigenvalue weighted by Gasteiger charge is -2.25. The molecule has 0 bridgehead atoms. The van der Waals surface area contributed by atoms with Gasteiger partial charge in [-0.15, -0.1) is 0 Å². The molecule has 0 radical (unpaired) electrons. The molecule has 0 aliphatic rings. The van der Waals surface area contributed by atoms with E-state index in [-0.39, 0.29) is 28.4 Å². The van der Waals surface area contributed by atoms with Crippen LogP contribution in [-0.4, -0.2) is 40.3 Å². The summed E-state index contributed by atoms with van der Waals surface area (Å²) < 4.78 is 52.1. The SMILES string of the molecule is CN(C)C(CNc1cnn(-c2ccc(C(F)(F)F)cn2)c(=O)c1Cl)c1ccc(F)cc1. The molecule has 0 spiro atoms. The second-order valence-corrected chi connectivity index (χ2v) is 7.28. The quantitative estimate of drug-likeness (QED) is 0.566. The Bertz CT molecular complexity index is 1100.